The first kappa shape index (κ1) is 60.7. The van der Waals surface area contributed by atoms with E-state index in [4.69, 9.17) is 0 Å². The average molecular weight is 1290 g/mol. The molecule has 478 valence electrons. The standard InChI is InChI=1S/C94H69BN6/c1-93(2,3)68-40-48-84-78(54-68)76-50-60(58-96)38-46-82(76)98(84)70-42-44-80-86(56-70)100(91-72(63-26-14-8-15-27-63)34-22-35-73(91)64-28-16-9-17-29-64)88-52-67(62-24-12-7-13-25-62)53-89-90(88)95(80)81-45-43-71(99-83-47-39-61(59-97)51-77(83)79-55-69(94(4,5)6)41-49-85(79)99)57-87(81)101(89)92-74(65-30-18-10-19-31-65)36-23-37-75(92)66-32-20-11-21-33-66/h7-57H,1-6H3. The Labute approximate surface area is 589 Å². The highest BCUT2D eigenvalue weighted by molar-refractivity contribution is 7.00. The van der Waals surface area contributed by atoms with E-state index in [-0.39, 0.29) is 17.5 Å². The second-order valence-corrected chi connectivity index (χ2v) is 29.1. The Hall–Kier alpha value is -12.7. The molecule has 0 bridgehead atoms. The van der Waals surface area contributed by atoms with Crippen LogP contribution in [0.15, 0.2) is 309 Å². The van der Waals surface area contributed by atoms with Gasteiger partial charge >= 0.3 is 0 Å². The van der Waals surface area contributed by atoms with E-state index in [1.165, 1.54) is 16.6 Å². The fourth-order valence-electron chi connectivity index (χ4n) is 16.2. The molecule has 18 rings (SSSR count). The quantitative estimate of drug-likeness (QED) is 0.135. The average Bonchev–Trinajstić information content (AvgIpc) is 0.979. The highest BCUT2D eigenvalue weighted by atomic mass is 15.2. The van der Waals surface area contributed by atoms with Crippen molar-refractivity contribution in [3.05, 3.63) is 332 Å². The van der Waals surface area contributed by atoms with Crippen LogP contribution < -0.4 is 26.2 Å². The van der Waals surface area contributed by atoms with Crippen molar-refractivity contribution in [1.82, 2.24) is 9.13 Å². The first-order valence-electron chi connectivity index (χ1n) is 34.9. The fraction of sp³-hybridized carbons (Fsp3) is 0.0851. The number of nitriles is 2. The number of hydrogen-bond donors (Lipinski definition) is 0. The summed E-state index contributed by atoms with van der Waals surface area (Å²) in [5.41, 5.74) is 30.5. The van der Waals surface area contributed by atoms with Gasteiger partial charge in [-0.05, 0) is 169 Å². The molecule has 16 aromatic rings. The molecule has 0 fully saturated rings. The van der Waals surface area contributed by atoms with Crippen LogP contribution in [0, 0.1) is 22.7 Å². The van der Waals surface area contributed by atoms with Gasteiger partial charge < -0.3 is 18.9 Å². The summed E-state index contributed by atoms with van der Waals surface area (Å²) >= 11 is 0. The monoisotopic (exact) mass is 1290 g/mol. The lowest BCUT2D eigenvalue weighted by molar-refractivity contribution is 0.591. The maximum absolute atomic E-state index is 10.5. The summed E-state index contributed by atoms with van der Waals surface area (Å²) in [6.07, 6.45) is 0. The van der Waals surface area contributed by atoms with Crippen LogP contribution in [0.3, 0.4) is 0 Å². The van der Waals surface area contributed by atoms with Gasteiger partial charge in [0.25, 0.3) is 6.71 Å². The molecule has 101 heavy (non-hydrogen) atoms. The van der Waals surface area contributed by atoms with Gasteiger partial charge in [-0.15, -0.1) is 0 Å². The Morgan fingerprint density at radius 3 is 0.950 bits per heavy atom. The largest absolute Gasteiger partial charge is 0.310 e. The van der Waals surface area contributed by atoms with Gasteiger partial charge in [-0.25, -0.2) is 0 Å². The van der Waals surface area contributed by atoms with Crippen molar-refractivity contribution >= 4 is 101 Å². The van der Waals surface area contributed by atoms with Crippen LogP contribution in [0.5, 0.6) is 0 Å². The first-order valence-corrected chi connectivity index (χ1v) is 34.9. The highest BCUT2D eigenvalue weighted by Crippen LogP contribution is 2.55. The third-order valence-electron chi connectivity index (χ3n) is 21.0. The fourth-order valence-corrected chi connectivity index (χ4v) is 16.2. The zero-order valence-corrected chi connectivity index (χ0v) is 57.2. The Kier molecular flexibility index (Phi) is 14.1. The topological polar surface area (TPSA) is 63.9 Å². The highest BCUT2D eigenvalue weighted by Gasteiger charge is 2.46. The molecule has 2 aliphatic rings. The molecule has 6 nitrogen and oxygen atoms in total. The van der Waals surface area contributed by atoms with Crippen LogP contribution >= 0.6 is 0 Å². The number of fused-ring (bicyclic) bond motifs is 10. The molecule has 7 heteroatoms. The Morgan fingerprint density at radius 2 is 0.614 bits per heavy atom. The van der Waals surface area contributed by atoms with E-state index < -0.39 is 0 Å². The molecule has 0 saturated carbocycles. The van der Waals surface area contributed by atoms with Crippen molar-refractivity contribution in [3.63, 3.8) is 0 Å². The van der Waals surface area contributed by atoms with Crippen molar-refractivity contribution in [1.29, 1.82) is 10.5 Å². The normalized spacial score (nSPS) is 12.6. The predicted molar refractivity (Wildman–Crippen MR) is 423 cm³/mol. The molecular weight excluding hydrogens is 1220 g/mol. The van der Waals surface area contributed by atoms with E-state index >= 15 is 0 Å². The Balaban J connectivity index is 1.01. The Morgan fingerprint density at radius 1 is 0.287 bits per heavy atom. The molecule has 0 N–H and O–H groups in total. The van der Waals surface area contributed by atoms with Crippen molar-refractivity contribution in [2.24, 2.45) is 0 Å². The lowest BCUT2D eigenvalue weighted by atomic mass is 9.33. The van der Waals surface area contributed by atoms with Crippen LogP contribution in [0.25, 0.3) is 111 Å². The maximum atomic E-state index is 10.5. The molecule has 0 atom stereocenters. The van der Waals surface area contributed by atoms with Crippen molar-refractivity contribution in [2.75, 3.05) is 9.80 Å². The summed E-state index contributed by atoms with van der Waals surface area (Å²) in [5.74, 6) is 0. The third kappa shape index (κ3) is 9.91. The molecule has 0 aliphatic carbocycles. The second kappa shape index (κ2) is 23.5. The first-order chi connectivity index (χ1) is 49.3. The lowest BCUT2D eigenvalue weighted by Crippen LogP contribution is -2.61. The molecule has 0 unspecified atom stereocenters. The number of para-hydroxylation sites is 2. The van der Waals surface area contributed by atoms with E-state index in [1.54, 1.807) is 0 Å². The van der Waals surface area contributed by atoms with E-state index in [0.717, 1.165) is 156 Å². The molecule has 0 radical (unpaired) electrons. The zero-order valence-electron chi connectivity index (χ0n) is 57.2. The van der Waals surface area contributed by atoms with Gasteiger partial charge in [-0.3, -0.25) is 0 Å². The number of rotatable bonds is 9. The van der Waals surface area contributed by atoms with Gasteiger partial charge in [0, 0.05) is 77.9 Å². The SMILES string of the molecule is CC(C)(C)c1ccc2c(c1)c1cc(C#N)ccc1n2-c1ccc2c(c1)N(c1c(-c3ccccc3)cccc1-c1ccccc1)c1cc(-c3ccccc3)cc3c1B2c1ccc(-n2c4ccc(C#N)cc4c4cc(C(C)(C)C)ccc42)cc1N3c1c(-c2ccccc2)cccc1-c1ccccc1. The minimum absolute atomic E-state index is 0.115. The lowest BCUT2D eigenvalue weighted by Gasteiger charge is -2.46. The van der Waals surface area contributed by atoms with E-state index in [2.05, 4.69) is 370 Å². The van der Waals surface area contributed by atoms with Crippen molar-refractivity contribution in [3.8, 4) is 79.1 Å². The Bertz CT molecular complexity index is 5650. The molecule has 0 saturated heterocycles. The molecule has 14 aromatic carbocycles. The van der Waals surface area contributed by atoms with E-state index in [9.17, 15) is 10.5 Å². The predicted octanol–water partition coefficient (Wildman–Crippen LogP) is 22.6. The van der Waals surface area contributed by atoms with Gasteiger partial charge in [0.1, 0.15) is 0 Å². The van der Waals surface area contributed by atoms with Crippen LogP contribution in [0.2, 0.25) is 0 Å². The van der Waals surface area contributed by atoms with Gasteiger partial charge in [-0.2, -0.15) is 10.5 Å². The summed E-state index contributed by atoms with van der Waals surface area (Å²) in [4.78, 5) is 5.26. The van der Waals surface area contributed by atoms with Gasteiger partial charge in [0.15, 0.2) is 0 Å². The number of anilines is 6. The molecule has 2 aliphatic heterocycles. The van der Waals surface area contributed by atoms with Crippen LogP contribution in [0.4, 0.5) is 34.1 Å². The summed E-state index contributed by atoms with van der Waals surface area (Å²) in [7, 11) is 0. The zero-order chi connectivity index (χ0) is 68.4. The number of hydrogen-bond acceptors (Lipinski definition) is 4. The van der Waals surface area contributed by atoms with E-state index in [1.807, 2.05) is 12.1 Å². The minimum atomic E-state index is -0.310. The summed E-state index contributed by atoms with van der Waals surface area (Å²) in [5, 5.41) is 25.3. The summed E-state index contributed by atoms with van der Waals surface area (Å²) < 4.78 is 4.84. The van der Waals surface area contributed by atoms with Crippen LogP contribution in [0.1, 0.15) is 63.8 Å². The number of nitrogens with zero attached hydrogens (tertiary/aromatic N) is 6. The molecule has 2 aromatic heterocycles. The summed E-state index contributed by atoms with van der Waals surface area (Å²) in [6, 6.07) is 119. The van der Waals surface area contributed by atoms with E-state index in [0.29, 0.717) is 11.1 Å². The number of benzene rings is 14. The van der Waals surface area contributed by atoms with Crippen molar-refractivity contribution in [2.45, 2.75) is 52.4 Å². The minimum Gasteiger partial charge on any atom is -0.310 e. The van der Waals surface area contributed by atoms with Crippen molar-refractivity contribution < 1.29 is 0 Å². The third-order valence-corrected chi connectivity index (χ3v) is 21.0. The molecule has 0 amide bonds. The van der Waals surface area contributed by atoms with Crippen LogP contribution in [-0.4, -0.2) is 15.8 Å². The maximum Gasteiger partial charge on any atom is 0.252 e. The summed E-state index contributed by atoms with van der Waals surface area (Å²) in [6.45, 7) is 13.3. The van der Waals surface area contributed by atoms with Crippen LogP contribution in [-0.2, 0) is 10.8 Å². The smallest absolute Gasteiger partial charge is 0.252 e. The molecular formula is C94H69BN6. The second-order valence-electron chi connectivity index (χ2n) is 29.1. The van der Waals surface area contributed by atoms with Gasteiger partial charge in [0.05, 0.1) is 56.7 Å². The van der Waals surface area contributed by atoms with Gasteiger partial charge in [0.2, 0.25) is 0 Å². The number of aromatic nitrogens is 2. The molecule has 4 heterocycles. The van der Waals surface area contributed by atoms with Gasteiger partial charge in [-0.1, -0.05) is 254 Å². The molecule has 0 spiro atoms.